The molecule has 0 aromatic heterocycles. The van der Waals surface area contributed by atoms with Gasteiger partial charge in [-0.3, -0.25) is 4.79 Å². The van der Waals surface area contributed by atoms with E-state index in [2.05, 4.69) is 21.2 Å². The van der Waals surface area contributed by atoms with Gasteiger partial charge in [0, 0.05) is 4.47 Å². The monoisotopic (exact) mass is 423 g/mol. The first-order valence-corrected chi connectivity index (χ1v) is 9.79. The third-order valence-corrected chi connectivity index (χ3v) is 4.84. The second-order valence-electron chi connectivity index (χ2n) is 6.23. The number of amides is 1. The SMILES string of the molecule is CC[C@H](Oc1ccccc1)C(=O)N[C@@H](c1ccccc1)c1ccc(Br)cc1. The molecular weight excluding hydrogens is 402 g/mol. The van der Waals surface area contributed by atoms with Crippen molar-refractivity contribution in [3.05, 3.63) is 101 Å². The predicted molar refractivity (Wildman–Crippen MR) is 112 cm³/mol. The smallest absolute Gasteiger partial charge is 0.261 e. The number of hydrogen-bond acceptors (Lipinski definition) is 2. The van der Waals surface area contributed by atoms with Crippen LogP contribution in [-0.2, 0) is 4.79 Å². The van der Waals surface area contributed by atoms with Crippen LogP contribution in [0.4, 0.5) is 0 Å². The highest BCUT2D eigenvalue weighted by Gasteiger charge is 2.23. The lowest BCUT2D eigenvalue weighted by atomic mass is 9.98. The van der Waals surface area contributed by atoms with Crippen LogP contribution in [-0.4, -0.2) is 12.0 Å². The Bertz CT molecular complexity index is 851. The Balaban J connectivity index is 1.82. The second-order valence-corrected chi connectivity index (χ2v) is 7.15. The van der Waals surface area contributed by atoms with Crippen LogP contribution < -0.4 is 10.1 Å². The highest BCUT2D eigenvalue weighted by molar-refractivity contribution is 9.10. The Kier molecular flexibility index (Phi) is 6.66. The molecule has 0 bridgehead atoms. The molecule has 0 aliphatic heterocycles. The Morgan fingerprint density at radius 2 is 1.44 bits per heavy atom. The van der Waals surface area contributed by atoms with Crippen molar-refractivity contribution in [3.63, 3.8) is 0 Å². The van der Waals surface area contributed by atoms with E-state index in [0.717, 1.165) is 15.6 Å². The number of hydrogen-bond donors (Lipinski definition) is 1. The van der Waals surface area contributed by atoms with Crippen LogP contribution in [0.25, 0.3) is 0 Å². The van der Waals surface area contributed by atoms with Crippen molar-refractivity contribution in [1.29, 1.82) is 0 Å². The van der Waals surface area contributed by atoms with Crippen LogP contribution in [0.15, 0.2) is 89.4 Å². The highest BCUT2D eigenvalue weighted by Crippen LogP contribution is 2.24. The zero-order valence-electron chi connectivity index (χ0n) is 15.1. The van der Waals surface area contributed by atoms with Crippen molar-refractivity contribution in [3.8, 4) is 5.75 Å². The number of ether oxygens (including phenoxy) is 1. The van der Waals surface area contributed by atoms with Crippen LogP contribution in [0.5, 0.6) is 5.75 Å². The van der Waals surface area contributed by atoms with Gasteiger partial charge in [0.05, 0.1) is 6.04 Å². The lowest BCUT2D eigenvalue weighted by Crippen LogP contribution is -2.40. The quantitative estimate of drug-likeness (QED) is 0.543. The lowest BCUT2D eigenvalue weighted by Gasteiger charge is -2.24. The Hall–Kier alpha value is -2.59. The molecule has 1 amide bonds. The fourth-order valence-electron chi connectivity index (χ4n) is 2.88. The van der Waals surface area contributed by atoms with Crippen molar-refractivity contribution in [2.75, 3.05) is 0 Å². The van der Waals surface area contributed by atoms with Gasteiger partial charge in [0.15, 0.2) is 6.10 Å². The van der Waals surface area contributed by atoms with Crippen LogP contribution in [0.2, 0.25) is 0 Å². The number of rotatable bonds is 7. The van der Waals surface area contributed by atoms with Gasteiger partial charge in [0.2, 0.25) is 0 Å². The van der Waals surface area contributed by atoms with E-state index in [1.165, 1.54) is 0 Å². The maximum absolute atomic E-state index is 13.0. The van der Waals surface area contributed by atoms with Gasteiger partial charge in [0.25, 0.3) is 5.91 Å². The summed E-state index contributed by atoms with van der Waals surface area (Å²) in [5, 5.41) is 3.16. The molecule has 0 aliphatic rings. The van der Waals surface area contributed by atoms with Crippen molar-refractivity contribution < 1.29 is 9.53 Å². The summed E-state index contributed by atoms with van der Waals surface area (Å²) in [4.78, 5) is 13.0. The number of carbonyl (C=O) groups excluding carboxylic acids is 1. The summed E-state index contributed by atoms with van der Waals surface area (Å²) >= 11 is 3.47. The van der Waals surface area contributed by atoms with Gasteiger partial charge in [-0.1, -0.05) is 83.5 Å². The fraction of sp³-hybridized carbons (Fsp3) is 0.174. The average molecular weight is 424 g/mol. The summed E-state index contributed by atoms with van der Waals surface area (Å²) in [6.07, 6.45) is 0.0387. The van der Waals surface area contributed by atoms with E-state index in [0.29, 0.717) is 12.2 Å². The first-order valence-electron chi connectivity index (χ1n) is 9.00. The minimum atomic E-state index is -0.547. The zero-order chi connectivity index (χ0) is 19.1. The van der Waals surface area contributed by atoms with E-state index in [1.807, 2.05) is 91.9 Å². The number of halogens is 1. The molecule has 3 rings (SSSR count). The molecule has 0 saturated heterocycles. The summed E-state index contributed by atoms with van der Waals surface area (Å²) in [6.45, 7) is 1.95. The summed E-state index contributed by atoms with van der Waals surface area (Å²) in [6, 6.07) is 27.2. The predicted octanol–water partition coefficient (Wildman–Crippen LogP) is 5.51. The van der Waals surface area contributed by atoms with E-state index in [-0.39, 0.29) is 11.9 Å². The lowest BCUT2D eigenvalue weighted by molar-refractivity contribution is -0.128. The van der Waals surface area contributed by atoms with Gasteiger partial charge in [-0.05, 0) is 41.8 Å². The second kappa shape index (κ2) is 9.38. The van der Waals surface area contributed by atoms with Gasteiger partial charge >= 0.3 is 0 Å². The standard InChI is InChI=1S/C23H22BrNO2/c1-2-21(27-20-11-7-4-8-12-20)23(26)25-22(17-9-5-3-6-10-17)18-13-15-19(24)16-14-18/h3-16,21-22H,2H2,1H3,(H,25,26)/t21-,22-/m0/s1. The molecule has 0 fully saturated rings. The minimum Gasteiger partial charge on any atom is -0.481 e. The molecule has 2 atom stereocenters. The molecular formula is C23H22BrNO2. The van der Waals surface area contributed by atoms with Crippen molar-refractivity contribution in [1.82, 2.24) is 5.32 Å². The van der Waals surface area contributed by atoms with Gasteiger partial charge < -0.3 is 10.1 Å². The van der Waals surface area contributed by atoms with E-state index in [4.69, 9.17) is 4.74 Å². The molecule has 4 heteroatoms. The molecule has 0 spiro atoms. The molecule has 0 aliphatic carbocycles. The van der Waals surface area contributed by atoms with E-state index in [9.17, 15) is 4.79 Å². The molecule has 3 nitrogen and oxygen atoms in total. The van der Waals surface area contributed by atoms with Crippen LogP contribution in [0.3, 0.4) is 0 Å². The van der Waals surface area contributed by atoms with Gasteiger partial charge in [-0.25, -0.2) is 0 Å². The minimum absolute atomic E-state index is 0.127. The number of benzene rings is 3. The first-order chi connectivity index (χ1) is 13.2. The Labute approximate surface area is 168 Å². The molecule has 138 valence electrons. The van der Waals surface area contributed by atoms with Gasteiger partial charge in [0.1, 0.15) is 5.75 Å². The van der Waals surface area contributed by atoms with Crippen LogP contribution in [0, 0.1) is 0 Å². The molecule has 0 heterocycles. The third-order valence-electron chi connectivity index (χ3n) is 4.31. The average Bonchev–Trinajstić information content (AvgIpc) is 2.72. The Morgan fingerprint density at radius 1 is 0.889 bits per heavy atom. The normalized spacial score (nSPS) is 12.8. The first kappa shape index (κ1) is 19.2. The van der Waals surface area contributed by atoms with Crippen LogP contribution >= 0.6 is 15.9 Å². The van der Waals surface area contributed by atoms with Crippen molar-refractivity contribution in [2.45, 2.75) is 25.5 Å². The fourth-order valence-corrected chi connectivity index (χ4v) is 3.14. The summed E-state index contributed by atoms with van der Waals surface area (Å²) in [5.41, 5.74) is 2.05. The molecule has 3 aromatic rings. The topological polar surface area (TPSA) is 38.3 Å². The zero-order valence-corrected chi connectivity index (χ0v) is 16.7. The van der Waals surface area contributed by atoms with Gasteiger partial charge in [-0.15, -0.1) is 0 Å². The number of para-hydroxylation sites is 1. The van der Waals surface area contributed by atoms with Crippen molar-refractivity contribution in [2.24, 2.45) is 0 Å². The maximum Gasteiger partial charge on any atom is 0.261 e. The largest absolute Gasteiger partial charge is 0.481 e. The molecule has 0 radical (unpaired) electrons. The summed E-state index contributed by atoms with van der Waals surface area (Å²) in [7, 11) is 0. The molecule has 0 unspecified atom stereocenters. The maximum atomic E-state index is 13.0. The third kappa shape index (κ3) is 5.20. The summed E-state index contributed by atoms with van der Waals surface area (Å²) < 4.78 is 6.90. The molecule has 27 heavy (non-hydrogen) atoms. The van der Waals surface area contributed by atoms with E-state index in [1.54, 1.807) is 0 Å². The van der Waals surface area contributed by atoms with Gasteiger partial charge in [-0.2, -0.15) is 0 Å². The number of nitrogens with one attached hydrogen (secondary N) is 1. The molecule has 1 N–H and O–H groups in total. The van der Waals surface area contributed by atoms with E-state index >= 15 is 0 Å². The van der Waals surface area contributed by atoms with Crippen molar-refractivity contribution >= 4 is 21.8 Å². The summed E-state index contributed by atoms with van der Waals surface area (Å²) in [5.74, 6) is 0.567. The molecule has 0 saturated carbocycles. The van der Waals surface area contributed by atoms with E-state index < -0.39 is 6.10 Å². The number of carbonyl (C=O) groups is 1. The van der Waals surface area contributed by atoms with Crippen LogP contribution in [0.1, 0.15) is 30.5 Å². The highest BCUT2D eigenvalue weighted by atomic mass is 79.9. The Morgan fingerprint density at radius 3 is 2.04 bits per heavy atom. The molecule has 3 aromatic carbocycles.